The molecule has 2 aromatic rings. The van der Waals surface area contributed by atoms with Gasteiger partial charge in [-0.1, -0.05) is 0 Å². The third-order valence-electron chi connectivity index (χ3n) is 2.69. The van der Waals surface area contributed by atoms with Crippen molar-refractivity contribution in [2.75, 3.05) is 18.4 Å². The van der Waals surface area contributed by atoms with Crippen LogP contribution >= 0.6 is 0 Å². The van der Waals surface area contributed by atoms with E-state index in [1.807, 2.05) is 32.9 Å². The predicted molar refractivity (Wildman–Crippen MR) is 81.4 cm³/mol. The van der Waals surface area contributed by atoms with Crippen molar-refractivity contribution in [3.8, 4) is 0 Å². The van der Waals surface area contributed by atoms with E-state index in [0.717, 1.165) is 23.2 Å². The van der Waals surface area contributed by atoms with Crippen molar-refractivity contribution in [3.05, 3.63) is 24.6 Å². The monoisotopic (exact) mass is 291 g/mol. The summed E-state index contributed by atoms with van der Waals surface area (Å²) in [5, 5.41) is 6.91. The van der Waals surface area contributed by atoms with E-state index in [2.05, 4.69) is 15.6 Å². The van der Waals surface area contributed by atoms with Crippen molar-refractivity contribution < 1.29 is 13.9 Å². The lowest BCUT2D eigenvalue weighted by Gasteiger charge is -2.19. The number of nitrogens with zero attached hydrogens (tertiary/aromatic N) is 1. The molecule has 0 aliphatic heterocycles. The van der Waals surface area contributed by atoms with Gasteiger partial charge in [-0.15, -0.1) is 0 Å². The SMILES string of the molecule is CC(C)(C)OC(=O)NCCCNc1nccc2occc12. The fourth-order valence-corrected chi connectivity index (χ4v) is 1.84. The summed E-state index contributed by atoms with van der Waals surface area (Å²) in [5.41, 5.74) is 0.336. The molecule has 0 saturated carbocycles. The van der Waals surface area contributed by atoms with Crippen LogP contribution in [0.2, 0.25) is 0 Å². The summed E-state index contributed by atoms with van der Waals surface area (Å²) in [6, 6.07) is 3.70. The largest absolute Gasteiger partial charge is 0.464 e. The highest BCUT2D eigenvalue weighted by atomic mass is 16.6. The molecule has 21 heavy (non-hydrogen) atoms. The quantitative estimate of drug-likeness (QED) is 0.828. The number of aromatic nitrogens is 1. The number of pyridine rings is 1. The molecule has 0 unspecified atom stereocenters. The Morgan fingerprint density at radius 1 is 1.33 bits per heavy atom. The van der Waals surface area contributed by atoms with Gasteiger partial charge in [0.1, 0.15) is 17.0 Å². The highest BCUT2D eigenvalue weighted by Gasteiger charge is 2.15. The molecule has 1 amide bonds. The summed E-state index contributed by atoms with van der Waals surface area (Å²) in [6.45, 7) is 6.76. The Hall–Kier alpha value is -2.24. The van der Waals surface area contributed by atoms with Crippen LogP contribution in [0.1, 0.15) is 27.2 Å². The van der Waals surface area contributed by atoms with Crippen LogP contribution in [0.4, 0.5) is 10.6 Å². The molecule has 2 heterocycles. The number of ether oxygens (including phenoxy) is 1. The first-order chi connectivity index (χ1) is 9.96. The van der Waals surface area contributed by atoms with Crippen LogP contribution in [0, 0.1) is 0 Å². The molecule has 0 fully saturated rings. The molecular formula is C15H21N3O3. The number of amides is 1. The van der Waals surface area contributed by atoms with Gasteiger partial charge in [-0.3, -0.25) is 0 Å². The minimum atomic E-state index is -0.469. The Labute approximate surface area is 123 Å². The molecule has 0 radical (unpaired) electrons. The fraction of sp³-hybridized carbons (Fsp3) is 0.467. The number of rotatable bonds is 5. The van der Waals surface area contributed by atoms with Crippen molar-refractivity contribution in [1.82, 2.24) is 10.3 Å². The molecule has 6 nitrogen and oxygen atoms in total. The molecule has 6 heteroatoms. The number of hydrogen-bond acceptors (Lipinski definition) is 5. The van der Waals surface area contributed by atoms with Crippen LogP contribution in [0.15, 0.2) is 29.0 Å². The summed E-state index contributed by atoms with van der Waals surface area (Å²) in [4.78, 5) is 15.7. The Morgan fingerprint density at radius 3 is 2.90 bits per heavy atom. The van der Waals surface area contributed by atoms with E-state index in [1.165, 1.54) is 0 Å². The molecule has 2 rings (SSSR count). The Morgan fingerprint density at radius 2 is 2.14 bits per heavy atom. The zero-order valence-corrected chi connectivity index (χ0v) is 12.6. The average molecular weight is 291 g/mol. The lowest BCUT2D eigenvalue weighted by atomic mass is 10.2. The number of anilines is 1. The fourth-order valence-electron chi connectivity index (χ4n) is 1.84. The van der Waals surface area contributed by atoms with Crippen LogP contribution in [-0.4, -0.2) is 29.8 Å². The first-order valence-electron chi connectivity index (χ1n) is 6.99. The second-order valence-corrected chi connectivity index (χ2v) is 5.70. The molecule has 0 aromatic carbocycles. The average Bonchev–Trinajstić information content (AvgIpc) is 2.85. The third kappa shape index (κ3) is 4.66. The number of alkyl carbamates (subject to hydrolysis) is 1. The van der Waals surface area contributed by atoms with Crippen LogP contribution in [0.3, 0.4) is 0 Å². The molecule has 0 saturated heterocycles. The topological polar surface area (TPSA) is 76.4 Å². The second-order valence-electron chi connectivity index (χ2n) is 5.70. The standard InChI is InChI=1S/C15H21N3O3/c1-15(2,3)21-14(19)18-8-4-7-16-13-11-6-10-20-12(11)5-9-17-13/h5-6,9-10H,4,7-8H2,1-3H3,(H,16,17)(H,18,19). The van der Waals surface area contributed by atoms with E-state index < -0.39 is 11.7 Å². The molecule has 114 valence electrons. The first kappa shape index (κ1) is 15.2. The van der Waals surface area contributed by atoms with Crippen molar-refractivity contribution in [1.29, 1.82) is 0 Å². The van der Waals surface area contributed by atoms with Gasteiger partial charge in [0.2, 0.25) is 0 Å². The van der Waals surface area contributed by atoms with E-state index >= 15 is 0 Å². The number of hydrogen-bond donors (Lipinski definition) is 2. The minimum Gasteiger partial charge on any atom is -0.464 e. The van der Waals surface area contributed by atoms with Crippen molar-refractivity contribution in [2.45, 2.75) is 32.8 Å². The number of furan rings is 1. The Balaban J connectivity index is 1.71. The summed E-state index contributed by atoms with van der Waals surface area (Å²) < 4.78 is 10.5. The van der Waals surface area contributed by atoms with Crippen LogP contribution < -0.4 is 10.6 Å². The highest BCUT2D eigenvalue weighted by Crippen LogP contribution is 2.21. The van der Waals surface area contributed by atoms with E-state index in [0.29, 0.717) is 13.1 Å². The van der Waals surface area contributed by atoms with Crippen LogP contribution in [-0.2, 0) is 4.74 Å². The normalized spacial score (nSPS) is 11.4. The van der Waals surface area contributed by atoms with Gasteiger partial charge in [0.15, 0.2) is 0 Å². The van der Waals surface area contributed by atoms with Gasteiger partial charge in [-0.25, -0.2) is 9.78 Å². The van der Waals surface area contributed by atoms with E-state index in [-0.39, 0.29) is 0 Å². The number of fused-ring (bicyclic) bond motifs is 1. The van der Waals surface area contributed by atoms with Crippen molar-refractivity contribution in [3.63, 3.8) is 0 Å². The maximum absolute atomic E-state index is 11.5. The summed E-state index contributed by atoms with van der Waals surface area (Å²) in [5.74, 6) is 0.790. The maximum atomic E-state index is 11.5. The van der Waals surface area contributed by atoms with E-state index in [1.54, 1.807) is 12.5 Å². The molecule has 0 bridgehead atoms. The Kier molecular flexibility index (Phi) is 4.67. The van der Waals surface area contributed by atoms with Crippen LogP contribution in [0.5, 0.6) is 0 Å². The molecule has 2 N–H and O–H groups in total. The second kappa shape index (κ2) is 6.47. The summed E-state index contributed by atoms with van der Waals surface area (Å²) in [7, 11) is 0. The number of carbonyl (C=O) groups excluding carboxylic acids is 1. The number of carbonyl (C=O) groups is 1. The highest BCUT2D eigenvalue weighted by molar-refractivity contribution is 5.87. The van der Waals surface area contributed by atoms with Gasteiger partial charge in [0.25, 0.3) is 0 Å². The van der Waals surface area contributed by atoms with Gasteiger partial charge in [-0.05, 0) is 39.3 Å². The molecule has 0 aliphatic rings. The van der Waals surface area contributed by atoms with Gasteiger partial charge in [0, 0.05) is 19.3 Å². The molecular weight excluding hydrogens is 270 g/mol. The molecule has 0 atom stereocenters. The summed E-state index contributed by atoms with van der Waals surface area (Å²) in [6.07, 6.45) is 3.72. The molecule has 2 aromatic heterocycles. The Bertz CT molecular complexity index is 601. The zero-order chi connectivity index (χ0) is 15.3. The first-order valence-corrected chi connectivity index (χ1v) is 6.99. The molecule has 0 spiro atoms. The minimum absolute atomic E-state index is 0.391. The van der Waals surface area contributed by atoms with Gasteiger partial charge < -0.3 is 19.8 Å². The molecule has 0 aliphatic carbocycles. The van der Waals surface area contributed by atoms with Crippen molar-refractivity contribution in [2.24, 2.45) is 0 Å². The maximum Gasteiger partial charge on any atom is 0.407 e. The van der Waals surface area contributed by atoms with Gasteiger partial charge in [-0.2, -0.15) is 0 Å². The van der Waals surface area contributed by atoms with Crippen LogP contribution in [0.25, 0.3) is 11.0 Å². The summed E-state index contributed by atoms with van der Waals surface area (Å²) >= 11 is 0. The van der Waals surface area contributed by atoms with E-state index in [9.17, 15) is 4.79 Å². The van der Waals surface area contributed by atoms with Gasteiger partial charge in [0.05, 0.1) is 11.6 Å². The van der Waals surface area contributed by atoms with E-state index in [4.69, 9.17) is 9.15 Å². The van der Waals surface area contributed by atoms with Gasteiger partial charge >= 0.3 is 6.09 Å². The van der Waals surface area contributed by atoms with Crippen molar-refractivity contribution >= 4 is 22.9 Å². The lowest BCUT2D eigenvalue weighted by molar-refractivity contribution is 0.0528. The lowest BCUT2D eigenvalue weighted by Crippen LogP contribution is -2.33. The number of nitrogens with one attached hydrogen (secondary N) is 2. The zero-order valence-electron chi connectivity index (χ0n) is 12.6. The smallest absolute Gasteiger partial charge is 0.407 e. The third-order valence-corrected chi connectivity index (χ3v) is 2.69. The predicted octanol–water partition coefficient (Wildman–Crippen LogP) is 3.15.